The first-order valence-corrected chi connectivity index (χ1v) is 11.1. The van der Waals surface area contributed by atoms with Crippen LogP contribution in [0.5, 0.6) is 0 Å². The van der Waals surface area contributed by atoms with Crippen molar-refractivity contribution in [1.29, 1.82) is 0 Å². The molecule has 0 radical (unpaired) electrons. The van der Waals surface area contributed by atoms with Crippen LogP contribution in [0.15, 0.2) is 41.4 Å². The van der Waals surface area contributed by atoms with Gasteiger partial charge in [-0.2, -0.15) is 0 Å². The van der Waals surface area contributed by atoms with E-state index >= 15 is 0 Å². The van der Waals surface area contributed by atoms with Gasteiger partial charge < -0.3 is 11.1 Å². The van der Waals surface area contributed by atoms with Crippen molar-refractivity contribution in [3.8, 4) is 11.3 Å². The van der Waals surface area contributed by atoms with Gasteiger partial charge in [0.2, 0.25) is 0 Å². The number of Topliss-reactive ketones (excluding diaryl/α,β-unsaturated/α-hetero) is 1. The molecule has 2 aromatic carbocycles. The first-order chi connectivity index (χ1) is 16.7. The number of carbonyl (C=O) groups excluding carboxylic acids is 2. The Labute approximate surface area is 200 Å². The van der Waals surface area contributed by atoms with Gasteiger partial charge in [0.15, 0.2) is 17.4 Å². The molecule has 2 amide bonds. The summed E-state index contributed by atoms with van der Waals surface area (Å²) in [7, 11) is 0. The number of urea groups is 1. The molecule has 1 aromatic heterocycles. The molecule has 3 aromatic rings. The molecule has 0 aliphatic carbocycles. The fraction of sp³-hybridized carbons (Fsp3) is 0.240. The van der Waals surface area contributed by atoms with Gasteiger partial charge in [0.1, 0.15) is 23.2 Å². The Morgan fingerprint density at radius 1 is 1.20 bits per heavy atom. The first-order valence-electron chi connectivity index (χ1n) is 11.1. The highest BCUT2D eigenvalue weighted by Crippen LogP contribution is 2.38. The molecule has 0 spiro atoms. The molecule has 1 aliphatic rings. The van der Waals surface area contributed by atoms with E-state index < -0.39 is 29.1 Å². The lowest BCUT2D eigenvalue weighted by atomic mass is 9.97. The van der Waals surface area contributed by atoms with Crippen LogP contribution in [0.3, 0.4) is 0 Å². The molecule has 0 bridgehead atoms. The molecular formula is C25H24F2N6O2. The third-order valence-corrected chi connectivity index (χ3v) is 5.59. The number of halogens is 2. The van der Waals surface area contributed by atoms with Gasteiger partial charge in [0.05, 0.1) is 12.2 Å². The number of nitrogens with two attached hydrogens (primary N) is 1. The van der Waals surface area contributed by atoms with Crippen molar-refractivity contribution in [2.45, 2.75) is 33.7 Å². The quantitative estimate of drug-likeness (QED) is 0.310. The van der Waals surface area contributed by atoms with Gasteiger partial charge >= 0.3 is 6.03 Å². The Bertz CT molecular complexity index is 1350. The average Bonchev–Trinajstić information content (AvgIpc) is 2.83. The highest BCUT2D eigenvalue weighted by molar-refractivity contribution is 6.03. The zero-order valence-corrected chi connectivity index (χ0v) is 19.5. The summed E-state index contributed by atoms with van der Waals surface area (Å²) in [5.74, 6) is -2.26. The largest absolute Gasteiger partial charge is 0.384 e. The van der Waals surface area contributed by atoms with Gasteiger partial charge in [0, 0.05) is 30.2 Å². The van der Waals surface area contributed by atoms with Crippen molar-refractivity contribution in [2.75, 3.05) is 11.4 Å². The summed E-state index contributed by atoms with van der Waals surface area (Å²) in [6.07, 6.45) is 0.836. The van der Waals surface area contributed by atoms with Crippen LogP contribution in [0.4, 0.5) is 25.1 Å². The van der Waals surface area contributed by atoms with Crippen molar-refractivity contribution >= 4 is 29.2 Å². The summed E-state index contributed by atoms with van der Waals surface area (Å²) in [5, 5.41) is 2.63. The number of hydrogen-bond donors (Lipinski definition) is 2. The summed E-state index contributed by atoms with van der Waals surface area (Å²) in [5.41, 5.74) is 8.42. The maximum absolute atomic E-state index is 14.7. The Hall–Kier alpha value is -4.21. The number of aryl methyl sites for hydroxylation is 1. The van der Waals surface area contributed by atoms with Crippen LogP contribution in [-0.2, 0) is 6.54 Å². The molecule has 0 atom stereocenters. The number of fused-ring (bicyclic) bond motifs is 1. The molecule has 10 heteroatoms. The number of carbonyl (C=O) groups is 2. The van der Waals surface area contributed by atoms with Crippen LogP contribution in [0, 0.1) is 18.6 Å². The maximum Gasteiger partial charge on any atom is 0.328 e. The van der Waals surface area contributed by atoms with Crippen LogP contribution < -0.4 is 16.0 Å². The number of amides is 2. The van der Waals surface area contributed by atoms with E-state index in [0.717, 1.165) is 29.0 Å². The summed E-state index contributed by atoms with van der Waals surface area (Å²) >= 11 is 0. The van der Waals surface area contributed by atoms with Gasteiger partial charge in [-0.1, -0.05) is 25.1 Å². The highest BCUT2D eigenvalue weighted by atomic mass is 19.1. The van der Waals surface area contributed by atoms with Crippen molar-refractivity contribution < 1.29 is 18.4 Å². The number of aromatic nitrogens is 2. The Kier molecular flexibility index (Phi) is 6.54. The molecule has 35 heavy (non-hydrogen) atoms. The average molecular weight is 479 g/mol. The predicted molar refractivity (Wildman–Crippen MR) is 129 cm³/mol. The third-order valence-electron chi connectivity index (χ3n) is 5.59. The second-order valence-corrected chi connectivity index (χ2v) is 8.12. The maximum atomic E-state index is 14.7. The van der Waals surface area contributed by atoms with Crippen LogP contribution in [-0.4, -0.2) is 34.2 Å². The number of rotatable bonds is 6. The molecule has 1 aliphatic heterocycles. The van der Waals surface area contributed by atoms with Crippen LogP contribution in [0.1, 0.15) is 47.6 Å². The third kappa shape index (κ3) is 4.46. The lowest BCUT2D eigenvalue weighted by Gasteiger charge is -2.30. The molecule has 3 N–H and O–H groups in total. The minimum absolute atomic E-state index is 0.00265. The molecule has 180 valence electrons. The lowest BCUT2D eigenvalue weighted by molar-refractivity contribution is 0.100. The fourth-order valence-electron chi connectivity index (χ4n) is 3.81. The van der Waals surface area contributed by atoms with E-state index in [1.54, 1.807) is 6.07 Å². The van der Waals surface area contributed by atoms with Gasteiger partial charge in [-0.25, -0.2) is 28.4 Å². The fourth-order valence-corrected chi connectivity index (χ4v) is 3.81. The SMILES string of the molecule is CCCN=C(N)c1ccc(C)c(-c2nc(C(C)=O)nc3c2CNC(=O)N3c2c(F)cccc2F)c1. The normalized spacial score (nSPS) is 13.5. The monoisotopic (exact) mass is 478 g/mol. The Morgan fingerprint density at radius 2 is 1.91 bits per heavy atom. The number of aliphatic imine (C=N–C) groups is 1. The molecule has 0 unspecified atom stereocenters. The van der Waals surface area contributed by atoms with Crippen LogP contribution >= 0.6 is 0 Å². The van der Waals surface area contributed by atoms with Gasteiger partial charge in [0.25, 0.3) is 0 Å². The molecule has 0 saturated carbocycles. The van der Waals surface area contributed by atoms with Crippen LogP contribution in [0.25, 0.3) is 11.3 Å². The van der Waals surface area contributed by atoms with Crippen molar-refractivity contribution in [3.05, 3.63) is 70.5 Å². The number of ketones is 1. The standard InChI is InChI=1S/C25H24F2N6O2/c1-4-10-29-22(28)15-9-8-13(2)16(11-15)20-17-12-30-25(35)33(21-18(26)6-5-7-19(21)27)24(17)32-23(31-20)14(3)34/h5-9,11H,4,10,12H2,1-3H3,(H2,28,29)(H,30,35). The summed E-state index contributed by atoms with van der Waals surface area (Å²) in [4.78, 5) is 39.0. The molecule has 2 heterocycles. The van der Waals surface area contributed by atoms with Gasteiger partial charge in [-0.3, -0.25) is 9.79 Å². The van der Waals surface area contributed by atoms with Gasteiger partial charge in [-0.05, 0) is 37.1 Å². The van der Waals surface area contributed by atoms with Crippen LogP contribution in [0.2, 0.25) is 0 Å². The predicted octanol–water partition coefficient (Wildman–Crippen LogP) is 4.41. The van der Waals surface area contributed by atoms with Gasteiger partial charge in [-0.15, -0.1) is 0 Å². The number of nitrogens with zero attached hydrogens (tertiary/aromatic N) is 4. The number of nitrogens with one attached hydrogen (secondary N) is 1. The minimum atomic E-state index is -0.948. The summed E-state index contributed by atoms with van der Waals surface area (Å²) < 4.78 is 29.4. The van der Waals surface area contributed by atoms with Crippen molar-refractivity contribution in [2.24, 2.45) is 10.7 Å². The Morgan fingerprint density at radius 3 is 2.57 bits per heavy atom. The zero-order valence-electron chi connectivity index (χ0n) is 19.5. The molecule has 0 fully saturated rings. The van der Waals surface area contributed by atoms with E-state index in [0.29, 0.717) is 34.8 Å². The molecular weight excluding hydrogens is 454 g/mol. The summed E-state index contributed by atoms with van der Waals surface area (Å²) in [6, 6.07) is 7.97. The number of hydrogen-bond acceptors (Lipinski definition) is 5. The summed E-state index contributed by atoms with van der Waals surface area (Å²) in [6.45, 7) is 5.70. The van der Waals surface area contributed by atoms with E-state index in [9.17, 15) is 18.4 Å². The zero-order chi connectivity index (χ0) is 25.3. The van der Waals surface area contributed by atoms with E-state index in [1.807, 2.05) is 26.0 Å². The van der Waals surface area contributed by atoms with E-state index in [-0.39, 0.29) is 18.2 Å². The molecule has 0 saturated heterocycles. The second-order valence-electron chi connectivity index (χ2n) is 8.12. The van der Waals surface area contributed by atoms with E-state index in [2.05, 4.69) is 20.3 Å². The number of para-hydroxylation sites is 1. The number of benzene rings is 2. The topological polar surface area (TPSA) is 114 Å². The Balaban J connectivity index is 1.99. The van der Waals surface area contributed by atoms with Crippen molar-refractivity contribution in [3.63, 3.8) is 0 Å². The minimum Gasteiger partial charge on any atom is -0.384 e. The second kappa shape index (κ2) is 9.57. The molecule has 8 nitrogen and oxygen atoms in total. The smallest absolute Gasteiger partial charge is 0.328 e. The molecule has 4 rings (SSSR count). The van der Waals surface area contributed by atoms with E-state index in [4.69, 9.17) is 5.73 Å². The first kappa shape index (κ1) is 23.9. The lowest BCUT2D eigenvalue weighted by Crippen LogP contribution is -2.43. The van der Waals surface area contributed by atoms with Crippen molar-refractivity contribution in [1.82, 2.24) is 15.3 Å². The number of anilines is 2. The number of amidine groups is 1. The highest BCUT2D eigenvalue weighted by Gasteiger charge is 2.34. The van der Waals surface area contributed by atoms with E-state index in [1.165, 1.54) is 13.0 Å².